The molecule has 0 radical (unpaired) electrons. The van der Waals surface area contributed by atoms with Crippen molar-refractivity contribution in [2.75, 3.05) is 6.61 Å². The van der Waals surface area contributed by atoms with Gasteiger partial charge in [0.2, 0.25) is 0 Å². The molecule has 3 aromatic rings. The Morgan fingerprint density at radius 1 is 0.857 bits per heavy atom. The Kier molecular flexibility index (Phi) is 7.16. The summed E-state index contributed by atoms with van der Waals surface area (Å²) >= 11 is 0. The number of rotatable bonds is 9. The van der Waals surface area contributed by atoms with Gasteiger partial charge in [-0.05, 0) is 46.7 Å². The summed E-state index contributed by atoms with van der Waals surface area (Å²) in [5, 5.41) is 0. The Labute approximate surface area is 167 Å². The van der Waals surface area contributed by atoms with Crippen LogP contribution in [-0.2, 0) is 17.8 Å². The molecule has 0 aliphatic carbocycles. The van der Waals surface area contributed by atoms with Crippen molar-refractivity contribution in [1.82, 2.24) is 0 Å². The van der Waals surface area contributed by atoms with Gasteiger partial charge in [-0.25, -0.2) is 4.39 Å². The van der Waals surface area contributed by atoms with E-state index in [1.165, 1.54) is 5.56 Å². The van der Waals surface area contributed by atoms with E-state index in [0.29, 0.717) is 12.2 Å². The average Bonchev–Trinajstić information content (AvgIpc) is 2.73. The normalized spacial score (nSPS) is 10.8. The molecule has 0 bridgehead atoms. The van der Waals surface area contributed by atoms with Crippen LogP contribution >= 0.6 is 0 Å². The van der Waals surface area contributed by atoms with Crippen molar-refractivity contribution in [2.45, 2.75) is 32.8 Å². The topological polar surface area (TPSA) is 9.23 Å². The first-order chi connectivity index (χ1) is 13.7. The second kappa shape index (κ2) is 10.0. The first-order valence-corrected chi connectivity index (χ1v) is 9.88. The number of ether oxygens (including phenoxy) is 1. The molecule has 0 unspecified atom stereocenters. The Bertz CT molecular complexity index is 895. The van der Waals surface area contributed by atoms with E-state index in [-0.39, 0.29) is 5.82 Å². The molecule has 0 fully saturated rings. The van der Waals surface area contributed by atoms with Gasteiger partial charge in [0.1, 0.15) is 5.82 Å². The minimum atomic E-state index is -0.209. The highest BCUT2D eigenvalue weighted by molar-refractivity contribution is 5.71. The molecule has 3 aromatic carbocycles. The molecule has 0 saturated carbocycles. The number of halogens is 1. The predicted molar refractivity (Wildman–Crippen MR) is 116 cm³/mol. The summed E-state index contributed by atoms with van der Waals surface area (Å²) in [4.78, 5) is 0. The number of unbranched alkanes of at least 4 members (excludes halogenated alkanes) is 1. The van der Waals surface area contributed by atoms with Crippen LogP contribution < -0.4 is 0 Å². The monoisotopic (exact) mass is 374 g/mol. The van der Waals surface area contributed by atoms with Crippen LogP contribution in [0.15, 0.2) is 79.4 Å². The summed E-state index contributed by atoms with van der Waals surface area (Å²) < 4.78 is 20.4. The van der Waals surface area contributed by atoms with Crippen LogP contribution in [0.1, 0.15) is 30.9 Å². The lowest BCUT2D eigenvalue weighted by molar-refractivity contribution is 0.118. The van der Waals surface area contributed by atoms with Gasteiger partial charge in [-0.1, -0.05) is 80.1 Å². The van der Waals surface area contributed by atoms with E-state index in [0.717, 1.165) is 48.1 Å². The second-order valence-corrected chi connectivity index (χ2v) is 6.99. The van der Waals surface area contributed by atoms with E-state index in [4.69, 9.17) is 4.74 Å². The molecule has 0 aromatic heterocycles. The molecule has 0 aliphatic heterocycles. The fraction of sp³-hybridized carbons (Fsp3) is 0.231. The smallest absolute Gasteiger partial charge is 0.131 e. The maximum absolute atomic E-state index is 14.8. The molecule has 28 heavy (non-hydrogen) atoms. The third-order valence-electron chi connectivity index (χ3n) is 4.81. The standard InChI is InChI=1S/C26H27FO/c1-3-5-17-28-19-21-9-13-23(14-10-21)25-16-15-24(18-26(25)27)22-11-7-20(6-4-2)8-12-22/h4,7-16,18H,2-3,5-6,17,19H2,1H3. The zero-order valence-electron chi connectivity index (χ0n) is 16.5. The van der Waals surface area contributed by atoms with Crippen LogP contribution in [-0.4, -0.2) is 6.61 Å². The van der Waals surface area contributed by atoms with Crippen LogP contribution in [0.3, 0.4) is 0 Å². The minimum absolute atomic E-state index is 0.209. The summed E-state index contributed by atoms with van der Waals surface area (Å²) in [5.74, 6) is -0.209. The van der Waals surface area contributed by atoms with Gasteiger partial charge in [0.05, 0.1) is 6.61 Å². The molecule has 0 atom stereocenters. The molecule has 0 heterocycles. The van der Waals surface area contributed by atoms with Crippen molar-refractivity contribution in [2.24, 2.45) is 0 Å². The molecule has 0 N–H and O–H groups in total. The van der Waals surface area contributed by atoms with Gasteiger partial charge in [0, 0.05) is 12.2 Å². The zero-order chi connectivity index (χ0) is 19.8. The summed E-state index contributed by atoms with van der Waals surface area (Å²) in [6.07, 6.45) is 4.93. The molecule has 0 saturated heterocycles. The van der Waals surface area contributed by atoms with Gasteiger partial charge in [0.25, 0.3) is 0 Å². The van der Waals surface area contributed by atoms with E-state index in [1.807, 2.05) is 54.6 Å². The lowest BCUT2D eigenvalue weighted by Gasteiger charge is -2.09. The highest BCUT2D eigenvalue weighted by Gasteiger charge is 2.08. The molecular weight excluding hydrogens is 347 g/mol. The van der Waals surface area contributed by atoms with E-state index >= 15 is 0 Å². The minimum Gasteiger partial charge on any atom is -0.377 e. The summed E-state index contributed by atoms with van der Waals surface area (Å²) in [6, 6.07) is 21.5. The summed E-state index contributed by atoms with van der Waals surface area (Å²) in [5.41, 5.74) is 5.70. The van der Waals surface area contributed by atoms with Crippen molar-refractivity contribution >= 4 is 0 Å². The largest absolute Gasteiger partial charge is 0.377 e. The first-order valence-electron chi connectivity index (χ1n) is 9.88. The van der Waals surface area contributed by atoms with Crippen LogP contribution in [0, 0.1) is 5.82 Å². The lowest BCUT2D eigenvalue weighted by Crippen LogP contribution is -1.95. The lowest BCUT2D eigenvalue weighted by atomic mass is 9.98. The SMILES string of the molecule is C=CCc1ccc(-c2ccc(-c3ccc(COCCCC)cc3)c(F)c2)cc1. The van der Waals surface area contributed by atoms with Gasteiger partial charge >= 0.3 is 0 Å². The molecule has 144 valence electrons. The first kappa shape index (κ1) is 20.0. The summed E-state index contributed by atoms with van der Waals surface area (Å²) in [6.45, 7) is 7.29. The molecule has 2 heteroatoms. The quantitative estimate of drug-likeness (QED) is 0.284. The average molecular weight is 374 g/mol. The predicted octanol–water partition coefficient (Wildman–Crippen LogP) is 7.20. The van der Waals surface area contributed by atoms with Crippen LogP contribution in [0.5, 0.6) is 0 Å². The van der Waals surface area contributed by atoms with E-state index in [9.17, 15) is 4.39 Å². The van der Waals surface area contributed by atoms with E-state index in [2.05, 4.69) is 25.6 Å². The Balaban J connectivity index is 1.72. The summed E-state index contributed by atoms with van der Waals surface area (Å²) in [7, 11) is 0. The Morgan fingerprint density at radius 3 is 2.14 bits per heavy atom. The van der Waals surface area contributed by atoms with Crippen molar-refractivity contribution in [3.05, 3.63) is 96.3 Å². The van der Waals surface area contributed by atoms with Gasteiger partial charge in [-0.3, -0.25) is 0 Å². The molecule has 0 amide bonds. The van der Waals surface area contributed by atoms with Crippen LogP contribution in [0.4, 0.5) is 4.39 Å². The van der Waals surface area contributed by atoms with Gasteiger partial charge < -0.3 is 4.74 Å². The third kappa shape index (κ3) is 5.17. The van der Waals surface area contributed by atoms with E-state index < -0.39 is 0 Å². The number of benzene rings is 3. The Hall–Kier alpha value is -2.71. The number of hydrogen-bond acceptors (Lipinski definition) is 1. The number of allylic oxidation sites excluding steroid dienone is 1. The van der Waals surface area contributed by atoms with Gasteiger partial charge in [0.15, 0.2) is 0 Å². The maximum Gasteiger partial charge on any atom is 0.131 e. The molecule has 3 rings (SSSR count). The van der Waals surface area contributed by atoms with Crippen LogP contribution in [0.25, 0.3) is 22.3 Å². The maximum atomic E-state index is 14.8. The van der Waals surface area contributed by atoms with Crippen molar-refractivity contribution in [1.29, 1.82) is 0 Å². The number of hydrogen-bond donors (Lipinski definition) is 0. The van der Waals surface area contributed by atoms with Crippen molar-refractivity contribution < 1.29 is 9.13 Å². The zero-order valence-corrected chi connectivity index (χ0v) is 16.5. The van der Waals surface area contributed by atoms with Gasteiger partial charge in [-0.2, -0.15) is 0 Å². The second-order valence-electron chi connectivity index (χ2n) is 6.99. The van der Waals surface area contributed by atoms with Gasteiger partial charge in [-0.15, -0.1) is 6.58 Å². The highest BCUT2D eigenvalue weighted by Crippen LogP contribution is 2.28. The van der Waals surface area contributed by atoms with Crippen molar-refractivity contribution in [3.63, 3.8) is 0 Å². The highest BCUT2D eigenvalue weighted by atomic mass is 19.1. The van der Waals surface area contributed by atoms with E-state index in [1.54, 1.807) is 6.07 Å². The Morgan fingerprint density at radius 2 is 1.50 bits per heavy atom. The third-order valence-corrected chi connectivity index (χ3v) is 4.81. The fourth-order valence-corrected chi connectivity index (χ4v) is 3.15. The molecule has 1 nitrogen and oxygen atoms in total. The fourth-order valence-electron chi connectivity index (χ4n) is 3.15. The molecule has 0 spiro atoms. The molecule has 0 aliphatic rings. The van der Waals surface area contributed by atoms with Crippen molar-refractivity contribution in [3.8, 4) is 22.3 Å². The molecular formula is C26H27FO. The van der Waals surface area contributed by atoms with Crippen LogP contribution in [0.2, 0.25) is 0 Å².